The van der Waals surface area contributed by atoms with E-state index in [4.69, 9.17) is 32.7 Å². The molecule has 10 nitrogen and oxygen atoms in total. The Bertz CT molecular complexity index is 1530. The summed E-state index contributed by atoms with van der Waals surface area (Å²) in [5.41, 5.74) is 2.64. The topological polar surface area (TPSA) is 95.1 Å². The maximum atomic E-state index is 13.8. The number of para-hydroxylation sites is 1. The van der Waals surface area contributed by atoms with Gasteiger partial charge in [0, 0.05) is 66.9 Å². The number of hydrogen-bond donors (Lipinski definition) is 2. The molecule has 0 unspecified atom stereocenters. The quantitative estimate of drug-likeness (QED) is 0.144. The van der Waals surface area contributed by atoms with Gasteiger partial charge in [-0.15, -0.1) is 0 Å². The zero-order valence-corrected chi connectivity index (χ0v) is 26.5. The van der Waals surface area contributed by atoms with Crippen molar-refractivity contribution in [3.8, 4) is 11.5 Å². The maximum absolute atomic E-state index is 13.8. The average Bonchev–Trinajstić information content (AvgIpc) is 3.00. The smallest absolute Gasteiger partial charge is 0.332 e. The number of carbonyl (C=O) groups is 1. The summed E-state index contributed by atoms with van der Waals surface area (Å²) in [5, 5.41) is 6.72. The van der Waals surface area contributed by atoms with Crippen LogP contribution in [-0.2, 0) is 0 Å². The summed E-state index contributed by atoms with van der Waals surface area (Å²) in [7, 11) is 3.16. The zero-order valence-electron chi connectivity index (χ0n) is 22.9. The van der Waals surface area contributed by atoms with Crippen molar-refractivity contribution in [3.05, 3.63) is 83.1 Å². The van der Waals surface area contributed by atoms with Crippen LogP contribution in [0.5, 0.6) is 11.5 Å². The van der Waals surface area contributed by atoms with Gasteiger partial charge in [-0.3, -0.25) is 0 Å². The van der Waals surface area contributed by atoms with Gasteiger partial charge in [-0.05, 0) is 48.5 Å². The van der Waals surface area contributed by atoms with Crippen molar-refractivity contribution < 1.29 is 14.3 Å². The predicted octanol–water partition coefficient (Wildman–Crippen LogP) is 7.39. The predicted molar refractivity (Wildman–Crippen MR) is 177 cm³/mol. The Kier molecular flexibility index (Phi) is 9.73. The molecule has 1 aliphatic heterocycles. The number of piperazine rings is 1. The van der Waals surface area contributed by atoms with Crippen LogP contribution < -0.4 is 29.9 Å². The van der Waals surface area contributed by atoms with Gasteiger partial charge in [-0.1, -0.05) is 29.3 Å². The number of urea groups is 1. The first kappa shape index (κ1) is 30.0. The molecule has 5 rings (SSSR count). The summed E-state index contributed by atoms with van der Waals surface area (Å²) < 4.78 is 13.1. The van der Waals surface area contributed by atoms with E-state index in [1.807, 2.05) is 36.4 Å². The molecule has 4 aromatic rings. The minimum Gasteiger partial charge on any atom is -0.497 e. The molecule has 13 heteroatoms. The molecular formula is C29H28Cl2IN7O3. The minimum absolute atomic E-state index is 0.305. The van der Waals surface area contributed by atoms with Gasteiger partial charge in [0.05, 0.1) is 41.3 Å². The van der Waals surface area contributed by atoms with E-state index in [2.05, 4.69) is 51.5 Å². The first-order chi connectivity index (χ1) is 20.4. The van der Waals surface area contributed by atoms with E-state index in [-0.39, 0.29) is 0 Å². The molecule has 2 amide bonds. The highest BCUT2D eigenvalue weighted by Crippen LogP contribution is 2.35. The van der Waals surface area contributed by atoms with Crippen LogP contribution in [0.15, 0.2) is 73.1 Å². The van der Waals surface area contributed by atoms with Crippen LogP contribution in [0.25, 0.3) is 0 Å². The molecule has 1 aromatic heterocycles. The maximum Gasteiger partial charge on any atom is 0.332 e. The molecule has 0 bridgehead atoms. The van der Waals surface area contributed by atoms with Crippen LogP contribution in [0.3, 0.4) is 0 Å². The lowest BCUT2D eigenvalue weighted by atomic mass is 10.2. The number of benzene rings is 3. The molecule has 42 heavy (non-hydrogen) atoms. The Morgan fingerprint density at radius 2 is 1.64 bits per heavy atom. The molecule has 2 N–H and O–H groups in total. The van der Waals surface area contributed by atoms with Gasteiger partial charge in [-0.25, -0.2) is 22.8 Å². The number of anilines is 6. The molecule has 1 fully saturated rings. The fourth-order valence-electron chi connectivity index (χ4n) is 4.46. The molecule has 1 saturated heterocycles. The Hall–Kier alpha value is -3.52. The third-order valence-electron chi connectivity index (χ3n) is 6.65. The third kappa shape index (κ3) is 6.92. The Morgan fingerprint density at radius 3 is 2.31 bits per heavy atom. The van der Waals surface area contributed by atoms with Crippen LogP contribution in [0.2, 0.25) is 10.0 Å². The van der Waals surface area contributed by atoms with Gasteiger partial charge >= 0.3 is 6.03 Å². The summed E-state index contributed by atoms with van der Waals surface area (Å²) in [4.78, 5) is 26.4. The minimum atomic E-state index is -0.497. The summed E-state index contributed by atoms with van der Waals surface area (Å²) in [5.74, 6) is 2.00. The van der Waals surface area contributed by atoms with Crippen LogP contribution in [-0.4, -0.2) is 59.5 Å². The molecular weight excluding hydrogens is 692 g/mol. The highest BCUT2D eigenvalue weighted by Gasteiger charge is 2.23. The first-order valence-corrected chi connectivity index (χ1v) is 14.7. The van der Waals surface area contributed by atoms with E-state index in [9.17, 15) is 4.79 Å². The lowest BCUT2D eigenvalue weighted by Crippen LogP contribution is -2.42. The van der Waals surface area contributed by atoms with Gasteiger partial charge in [0.2, 0.25) is 0 Å². The van der Waals surface area contributed by atoms with E-state index >= 15 is 0 Å². The summed E-state index contributed by atoms with van der Waals surface area (Å²) in [6.07, 6.45) is 1.38. The molecule has 0 atom stereocenters. The van der Waals surface area contributed by atoms with Gasteiger partial charge in [0.25, 0.3) is 0 Å². The Labute approximate surface area is 268 Å². The molecule has 1 aliphatic rings. The van der Waals surface area contributed by atoms with Crippen LogP contribution in [0.1, 0.15) is 0 Å². The molecule has 0 radical (unpaired) electrons. The molecule has 3 aromatic carbocycles. The Balaban J connectivity index is 1.48. The molecule has 0 spiro atoms. The highest BCUT2D eigenvalue weighted by atomic mass is 127. The normalized spacial score (nSPS) is 13.4. The van der Waals surface area contributed by atoms with E-state index in [1.165, 1.54) is 11.2 Å². The van der Waals surface area contributed by atoms with Gasteiger partial charge in [0.15, 0.2) is 0 Å². The van der Waals surface area contributed by atoms with Crippen molar-refractivity contribution in [1.29, 1.82) is 0 Å². The number of hydrogen-bond acceptors (Lipinski definition) is 8. The third-order valence-corrected chi connectivity index (χ3v) is 8.24. The number of methoxy groups -OCH3 is 2. The van der Waals surface area contributed by atoms with E-state index < -0.39 is 6.03 Å². The van der Waals surface area contributed by atoms with Gasteiger partial charge in [-0.2, -0.15) is 0 Å². The van der Waals surface area contributed by atoms with Crippen LogP contribution in [0, 0.1) is 0 Å². The summed E-state index contributed by atoms with van der Waals surface area (Å²) >= 11 is 15.1. The fraction of sp³-hybridized carbons (Fsp3) is 0.207. The van der Waals surface area contributed by atoms with Crippen molar-refractivity contribution >= 4 is 86.5 Å². The number of ether oxygens (including phenoxy) is 2. The number of rotatable bonds is 8. The van der Waals surface area contributed by atoms with Crippen molar-refractivity contribution in [3.63, 3.8) is 0 Å². The van der Waals surface area contributed by atoms with Gasteiger partial charge in [0.1, 0.15) is 29.5 Å². The standard InChI is InChI=1S/C29H28Cl2IN7O3/c1-41-21-10-11-24(25(16-21)42-2)35-26-17-27(34-18-33-26)39(29(40)36-28-22(30)4-3-5-23(28)31)20-8-6-19(7-9-20)37-12-14-38(32)15-13-37/h3-11,16-18H,12-15H2,1-2H3,(H,36,40)(H,33,34,35). The molecule has 0 aliphatic carbocycles. The lowest BCUT2D eigenvalue weighted by Gasteiger charge is -2.33. The largest absolute Gasteiger partial charge is 0.497 e. The summed E-state index contributed by atoms with van der Waals surface area (Å²) in [6.45, 7) is 3.80. The number of aromatic nitrogens is 2. The first-order valence-electron chi connectivity index (χ1n) is 13.0. The number of halogens is 3. The van der Waals surface area contributed by atoms with E-state index in [0.717, 1.165) is 31.9 Å². The van der Waals surface area contributed by atoms with Gasteiger partial charge < -0.3 is 25.0 Å². The SMILES string of the molecule is COc1ccc(Nc2cc(N(C(=O)Nc3c(Cl)cccc3Cl)c3ccc(N4CCN(I)CC4)cc3)ncn2)c(OC)c1. The number of nitrogens with zero attached hydrogens (tertiary/aromatic N) is 5. The van der Waals surface area contributed by atoms with Crippen LogP contribution >= 0.6 is 46.1 Å². The van der Waals surface area contributed by atoms with Crippen molar-refractivity contribution in [1.82, 2.24) is 13.1 Å². The monoisotopic (exact) mass is 719 g/mol. The Morgan fingerprint density at radius 1 is 0.929 bits per heavy atom. The van der Waals surface area contributed by atoms with E-state index in [1.54, 1.807) is 44.6 Å². The summed E-state index contributed by atoms with van der Waals surface area (Å²) in [6, 6.07) is 19.4. The number of nitrogens with one attached hydrogen (secondary N) is 2. The lowest BCUT2D eigenvalue weighted by molar-refractivity contribution is 0.259. The average molecular weight is 720 g/mol. The zero-order chi connectivity index (χ0) is 29.6. The molecule has 2 heterocycles. The van der Waals surface area contributed by atoms with Crippen molar-refractivity contribution in [2.24, 2.45) is 0 Å². The number of amides is 2. The number of carbonyl (C=O) groups excluding carboxylic acids is 1. The molecule has 0 saturated carbocycles. The van der Waals surface area contributed by atoms with Crippen molar-refractivity contribution in [2.75, 3.05) is 60.8 Å². The molecule has 218 valence electrons. The second-order valence-corrected chi connectivity index (χ2v) is 11.4. The van der Waals surface area contributed by atoms with E-state index in [0.29, 0.717) is 50.2 Å². The fourth-order valence-corrected chi connectivity index (χ4v) is 5.39. The second kappa shape index (κ2) is 13.6. The highest BCUT2D eigenvalue weighted by molar-refractivity contribution is 14.1. The second-order valence-electron chi connectivity index (χ2n) is 9.23. The van der Waals surface area contributed by atoms with Crippen LogP contribution in [0.4, 0.5) is 39.2 Å². The van der Waals surface area contributed by atoms with Crippen molar-refractivity contribution in [2.45, 2.75) is 0 Å².